The van der Waals surface area contributed by atoms with E-state index in [0.717, 1.165) is 31.5 Å². The van der Waals surface area contributed by atoms with Gasteiger partial charge in [0.1, 0.15) is 0 Å². The number of aliphatic imine (C=N–C) groups is 1. The molecule has 0 aliphatic carbocycles. The number of benzene rings is 1. The molecule has 0 bridgehead atoms. The highest BCUT2D eigenvalue weighted by Gasteiger charge is 2.25. The Bertz CT molecular complexity index is 559. The summed E-state index contributed by atoms with van der Waals surface area (Å²) >= 11 is 0. The maximum Gasteiger partial charge on any atom is 0.191 e. The molecule has 5 nitrogen and oxygen atoms in total. The predicted octanol–water partition coefficient (Wildman–Crippen LogP) is 2.16. The van der Waals surface area contributed by atoms with Crippen LogP contribution in [0.4, 0.5) is 0 Å². The Morgan fingerprint density at radius 2 is 1.92 bits per heavy atom. The number of likely N-dealkylation sites (tertiary alicyclic amines) is 2. The van der Waals surface area contributed by atoms with Crippen LogP contribution >= 0.6 is 0 Å². The number of nitrogens with zero attached hydrogens (tertiary/aromatic N) is 3. The Hall–Kier alpha value is -1.59. The van der Waals surface area contributed by atoms with Gasteiger partial charge in [0.2, 0.25) is 0 Å². The van der Waals surface area contributed by atoms with Crippen LogP contribution < -0.4 is 10.6 Å². The third-order valence-corrected chi connectivity index (χ3v) is 5.83. The van der Waals surface area contributed by atoms with Gasteiger partial charge in [0.25, 0.3) is 0 Å². The van der Waals surface area contributed by atoms with Gasteiger partial charge >= 0.3 is 0 Å². The zero-order valence-corrected chi connectivity index (χ0v) is 16.5. The van der Waals surface area contributed by atoms with Crippen LogP contribution in [-0.2, 0) is 6.54 Å². The second-order valence-corrected chi connectivity index (χ2v) is 7.63. The van der Waals surface area contributed by atoms with E-state index in [-0.39, 0.29) is 0 Å². The van der Waals surface area contributed by atoms with Crippen LogP contribution in [0.1, 0.15) is 31.7 Å². The van der Waals surface area contributed by atoms with Crippen molar-refractivity contribution in [2.45, 2.75) is 38.8 Å². The fourth-order valence-electron chi connectivity index (χ4n) is 4.20. The van der Waals surface area contributed by atoms with Gasteiger partial charge < -0.3 is 15.5 Å². The average Bonchev–Trinajstić information content (AvgIpc) is 3.32. The van der Waals surface area contributed by atoms with Gasteiger partial charge in [-0.2, -0.15) is 0 Å². The first kappa shape index (κ1) is 19.2. The van der Waals surface area contributed by atoms with Gasteiger partial charge in [0.05, 0.1) is 0 Å². The fourth-order valence-corrected chi connectivity index (χ4v) is 4.20. The van der Waals surface area contributed by atoms with E-state index in [1.165, 1.54) is 51.0 Å². The molecule has 0 amide bonds. The second-order valence-electron chi connectivity index (χ2n) is 7.63. The number of hydrogen-bond acceptors (Lipinski definition) is 3. The van der Waals surface area contributed by atoms with Crippen molar-refractivity contribution in [1.29, 1.82) is 0 Å². The zero-order chi connectivity index (χ0) is 18.2. The fraction of sp³-hybridized carbons (Fsp3) is 0.667. The molecular weight excluding hydrogens is 322 g/mol. The standard InChI is InChI=1S/C21H35N5/c1-3-25-13-11-19(16-25)14-23-21(22-2)24-15-20-10-7-12-26(20)17-18-8-5-4-6-9-18/h4-6,8-9,19-20H,3,7,10-17H2,1-2H3,(H2,22,23,24). The lowest BCUT2D eigenvalue weighted by molar-refractivity contribution is 0.245. The molecule has 2 atom stereocenters. The van der Waals surface area contributed by atoms with Crippen molar-refractivity contribution in [1.82, 2.24) is 20.4 Å². The minimum absolute atomic E-state index is 0.593. The Labute approximate surface area is 158 Å². The second kappa shape index (κ2) is 9.93. The minimum atomic E-state index is 0.593. The molecule has 2 aliphatic heterocycles. The van der Waals surface area contributed by atoms with Crippen molar-refractivity contribution in [2.75, 3.05) is 46.3 Å². The van der Waals surface area contributed by atoms with Crippen LogP contribution in [0.25, 0.3) is 0 Å². The lowest BCUT2D eigenvalue weighted by Crippen LogP contribution is -2.45. The predicted molar refractivity (Wildman–Crippen MR) is 109 cm³/mol. The van der Waals surface area contributed by atoms with E-state index in [4.69, 9.17) is 0 Å². The highest BCUT2D eigenvalue weighted by atomic mass is 15.2. The minimum Gasteiger partial charge on any atom is -0.356 e. The monoisotopic (exact) mass is 357 g/mol. The summed E-state index contributed by atoms with van der Waals surface area (Å²) in [6.45, 7) is 10.1. The third-order valence-electron chi connectivity index (χ3n) is 5.83. The summed E-state index contributed by atoms with van der Waals surface area (Å²) < 4.78 is 0. The molecule has 0 aromatic heterocycles. The smallest absolute Gasteiger partial charge is 0.191 e. The molecule has 0 saturated carbocycles. The first-order valence-corrected chi connectivity index (χ1v) is 10.2. The van der Waals surface area contributed by atoms with Crippen molar-refractivity contribution < 1.29 is 0 Å². The molecule has 2 saturated heterocycles. The maximum atomic E-state index is 4.42. The maximum absolute atomic E-state index is 4.42. The molecule has 1 aromatic rings. The molecule has 2 heterocycles. The lowest BCUT2D eigenvalue weighted by atomic mass is 10.1. The van der Waals surface area contributed by atoms with E-state index >= 15 is 0 Å². The molecule has 0 spiro atoms. The molecule has 0 radical (unpaired) electrons. The number of hydrogen-bond donors (Lipinski definition) is 2. The first-order valence-electron chi connectivity index (χ1n) is 10.2. The SMILES string of the molecule is CCN1CCC(CNC(=NC)NCC2CCCN2Cc2ccccc2)C1. The van der Waals surface area contributed by atoms with Crippen LogP contribution in [0.5, 0.6) is 0 Å². The highest BCUT2D eigenvalue weighted by Crippen LogP contribution is 2.19. The number of rotatable bonds is 7. The Morgan fingerprint density at radius 3 is 2.65 bits per heavy atom. The normalized spacial score (nSPS) is 24.9. The topological polar surface area (TPSA) is 42.9 Å². The van der Waals surface area contributed by atoms with E-state index < -0.39 is 0 Å². The summed E-state index contributed by atoms with van der Waals surface area (Å²) in [6, 6.07) is 11.4. The summed E-state index contributed by atoms with van der Waals surface area (Å²) in [5, 5.41) is 7.10. The van der Waals surface area contributed by atoms with Crippen molar-refractivity contribution in [3.63, 3.8) is 0 Å². The molecule has 2 unspecified atom stereocenters. The molecule has 2 fully saturated rings. The van der Waals surface area contributed by atoms with Gasteiger partial charge in [0, 0.05) is 39.3 Å². The number of nitrogens with one attached hydrogen (secondary N) is 2. The Kier molecular flexibility index (Phi) is 7.32. The van der Waals surface area contributed by atoms with Crippen molar-refractivity contribution in [3.05, 3.63) is 35.9 Å². The van der Waals surface area contributed by atoms with Crippen LogP contribution in [-0.4, -0.2) is 68.1 Å². The van der Waals surface area contributed by atoms with Crippen molar-refractivity contribution >= 4 is 5.96 Å². The van der Waals surface area contributed by atoms with Crippen LogP contribution in [0.2, 0.25) is 0 Å². The molecule has 5 heteroatoms. The van der Waals surface area contributed by atoms with Crippen molar-refractivity contribution in [3.8, 4) is 0 Å². The average molecular weight is 358 g/mol. The van der Waals surface area contributed by atoms with Crippen LogP contribution in [0, 0.1) is 5.92 Å². The summed E-state index contributed by atoms with van der Waals surface area (Å²) in [4.78, 5) is 9.55. The Balaban J connectivity index is 1.41. The van der Waals surface area contributed by atoms with Crippen molar-refractivity contribution in [2.24, 2.45) is 10.9 Å². The van der Waals surface area contributed by atoms with Gasteiger partial charge in [-0.3, -0.25) is 9.89 Å². The van der Waals surface area contributed by atoms with Gasteiger partial charge in [0.15, 0.2) is 5.96 Å². The number of guanidine groups is 1. The molecule has 2 aliphatic rings. The molecule has 2 N–H and O–H groups in total. The van der Waals surface area contributed by atoms with E-state index in [9.17, 15) is 0 Å². The van der Waals surface area contributed by atoms with E-state index in [1.807, 2.05) is 7.05 Å². The lowest BCUT2D eigenvalue weighted by Gasteiger charge is -2.26. The van der Waals surface area contributed by atoms with Gasteiger partial charge in [-0.15, -0.1) is 0 Å². The molecular formula is C21H35N5. The molecule has 1 aromatic carbocycles. The Morgan fingerprint density at radius 1 is 1.12 bits per heavy atom. The molecule has 3 rings (SSSR count). The summed E-state index contributed by atoms with van der Waals surface area (Å²) in [5.41, 5.74) is 1.41. The van der Waals surface area contributed by atoms with Crippen LogP contribution in [0.15, 0.2) is 35.3 Å². The molecule has 26 heavy (non-hydrogen) atoms. The van der Waals surface area contributed by atoms with Crippen LogP contribution in [0.3, 0.4) is 0 Å². The summed E-state index contributed by atoms with van der Waals surface area (Å²) in [7, 11) is 1.87. The zero-order valence-electron chi connectivity index (χ0n) is 16.5. The first-order chi connectivity index (χ1) is 12.8. The van der Waals surface area contributed by atoms with E-state index in [0.29, 0.717) is 6.04 Å². The largest absolute Gasteiger partial charge is 0.356 e. The van der Waals surface area contributed by atoms with E-state index in [1.54, 1.807) is 0 Å². The van der Waals surface area contributed by atoms with Gasteiger partial charge in [-0.05, 0) is 50.4 Å². The quantitative estimate of drug-likeness (QED) is 0.580. The summed E-state index contributed by atoms with van der Waals surface area (Å²) in [6.07, 6.45) is 3.86. The highest BCUT2D eigenvalue weighted by molar-refractivity contribution is 5.79. The van der Waals surface area contributed by atoms with Gasteiger partial charge in [-0.1, -0.05) is 37.3 Å². The molecule has 144 valence electrons. The van der Waals surface area contributed by atoms with Gasteiger partial charge in [-0.25, -0.2) is 0 Å². The summed E-state index contributed by atoms with van der Waals surface area (Å²) in [5.74, 6) is 1.70. The van der Waals surface area contributed by atoms with E-state index in [2.05, 4.69) is 62.7 Å². The third kappa shape index (κ3) is 5.45.